The largest absolute Gasteiger partial charge is 0.394 e. The average molecular weight is 418 g/mol. The van der Waals surface area contributed by atoms with E-state index in [2.05, 4.69) is 17.9 Å². The molecule has 0 spiro atoms. The zero-order valence-electron chi connectivity index (χ0n) is 17.5. The lowest BCUT2D eigenvalue weighted by atomic mass is 9.92. The number of aliphatic hydroxyl groups is 2. The molecule has 0 unspecified atom stereocenters. The highest BCUT2D eigenvalue weighted by Gasteiger charge is 2.29. The van der Waals surface area contributed by atoms with Gasteiger partial charge in [-0.3, -0.25) is 0 Å². The number of ether oxygens (including phenoxy) is 2. The molecule has 2 saturated heterocycles. The van der Waals surface area contributed by atoms with E-state index in [4.69, 9.17) is 9.47 Å². The zero-order chi connectivity index (χ0) is 21.6. The molecule has 0 radical (unpaired) electrons. The predicted molar refractivity (Wildman–Crippen MR) is 116 cm³/mol. The summed E-state index contributed by atoms with van der Waals surface area (Å²) in [6, 6.07) is 16.1. The SMILES string of the molecule is N#Cc1ccc([C@H]2C[C@@H](O)C[C@@H](CO)O2)cc1Cc1ccc(C#C[C@@H]2CCOC2)cc1. The Balaban J connectivity index is 1.49. The van der Waals surface area contributed by atoms with Crippen molar-refractivity contribution in [3.63, 3.8) is 0 Å². The summed E-state index contributed by atoms with van der Waals surface area (Å²) < 4.78 is 11.3. The van der Waals surface area contributed by atoms with E-state index in [1.54, 1.807) is 0 Å². The molecule has 31 heavy (non-hydrogen) atoms. The lowest BCUT2D eigenvalue weighted by molar-refractivity contribution is -0.113. The molecule has 2 aliphatic heterocycles. The van der Waals surface area contributed by atoms with Crippen LogP contribution in [0.5, 0.6) is 0 Å². The molecule has 0 aromatic heterocycles. The van der Waals surface area contributed by atoms with Gasteiger partial charge in [0.2, 0.25) is 0 Å². The second kappa shape index (κ2) is 10.1. The molecule has 2 fully saturated rings. The fourth-order valence-electron chi connectivity index (χ4n) is 4.15. The molecule has 0 bridgehead atoms. The summed E-state index contributed by atoms with van der Waals surface area (Å²) in [6.45, 7) is 1.41. The van der Waals surface area contributed by atoms with Crippen LogP contribution < -0.4 is 0 Å². The Bertz CT molecular complexity index is 993. The predicted octanol–water partition coefficient (Wildman–Crippen LogP) is 3.11. The number of benzene rings is 2. The number of aliphatic hydroxyl groups excluding tert-OH is 2. The van der Waals surface area contributed by atoms with Crippen LogP contribution in [0.3, 0.4) is 0 Å². The van der Waals surface area contributed by atoms with E-state index >= 15 is 0 Å². The summed E-state index contributed by atoms with van der Waals surface area (Å²) in [5.74, 6) is 6.82. The first-order chi connectivity index (χ1) is 15.1. The molecule has 4 atom stereocenters. The Labute approximate surface area is 183 Å². The van der Waals surface area contributed by atoms with Gasteiger partial charge in [-0.25, -0.2) is 0 Å². The van der Waals surface area contributed by atoms with Gasteiger partial charge in [0, 0.05) is 30.9 Å². The number of rotatable bonds is 4. The topological polar surface area (TPSA) is 82.7 Å². The molecular weight excluding hydrogens is 390 g/mol. The van der Waals surface area contributed by atoms with Gasteiger partial charge in [-0.05, 0) is 47.7 Å². The van der Waals surface area contributed by atoms with Crippen molar-refractivity contribution in [1.82, 2.24) is 0 Å². The minimum Gasteiger partial charge on any atom is -0.394 e. The minimum absolute atomic E-state index is 0.111. The van der Waals surface area contributed by atoms with E-state index in [1.165, 1.54) is 0 Å². The smallest absolute Gasteiger partial charge is 0.0994 e. The standard InChI is InChI=1S/C26H27NO4/c27-15-22-8-7-21(26-14-24(29)13-25(16-28)31-26)12-23(22)11-19-4-1-18(2-5-19)3-6-20-9-10-30-17-20/h1-2,4-5,7-8,12,20,24-26,28-29H,9-11,13-14,16-17H2/t20-,24+,25+,26-/m1/s1. The summed E-state index contributed by atoms with van der Waals surface area (Å²) >= 11 is 0. The molecule has 2 heterocycles. The van der Waals surface area contributed by atoms with Crippen molar-refractivity contribution in [1.29, 1.82) is 5.26 Å². The van der Waals surface area contributed by atoms with Gasteiger partial charge >= 0.3 is 0 Å². The number of nitrogens with zero attached hydrogens (tertiary/aromatic N) is 1. The molecular formula is C26H27NO4. The highest BCUT2D eigenvalue weighted by atomic mass is 16.5. The van der Waals surface area contributed by atoms with Crippen molar-refractivity contribution in [3.8, 4) is 17.9 Å². The highest BCUT2D eigenvalue weighted by Crippen LogP contribution is 2.32. The van der Waals surface area contributed by atoms with Crippen LogP contribution in [0.25, 0.3) is 0 Å². The summed E-state index contributed by atoms with van der Waals surface area (Å²) in [5.41, 5.74) is 4.55. The van der Waals surface area contributed by atoms with Crippen LogP contribution in [0.2, 0.25) is 0 Å². The maximum absolute atomic E-state index is 10.1. The van der Waals surface area contributed by atoms with Crippen molar-refractivity contribution in [2.75, 3.05) is 19.8 Å². The van der Waals surface area contributed by atoms with E-state index in [-0.39, 0.29) is 18.8 Å². The van der Waals surface area contributed by atoms with Gasteiger partial charge < -0.3 is 19.7 Å². The van der Waals surface area contributed by atoms with Crippen LogP contribution in [0.4, 0.5) is 0 Å². The quantitative estimate of drug-likeness (QED) is 0.747. The molecule has 2 N–H and O–H groups in total. The Kier molecular flexibility index (Phi) is 7.02. The van der Waals surface area contributed by atoms with Gasteiger partial charge in [-0.2, -0.15) is 5.26 Å². The molecule has 2 aromatic carbocycles. The van der Waals surface area contributed by atoms with E-state index < -0.39 is 6.10 Å². The molecule has 0 amide bonds. The Morgan fingerprint density at radius 2 is 1.94 bits per heavy atom. The zero-order valence-corrected chi connectivity index (χ0v) is 17.5. The van der Waals surface area contributed by atoms with E-state index in [0.717, 1.165) is 41.9 Å². The first-order valence-electron chi connectivity index (χ1n) is 10.8. The molecule has 5 nitrogen and oxygen atoms in total. The molecule has 4 rings (SSSR count). The third kappa shape index (κ3) is 5.53. The number of hydrogen-bond acceptors (Lipinski definition) is 5. The fourth-order valence-corrected chi connectivity index (χ4v) is 4.15. The van der Waals surface area contributed by atoms with Crippen molar-refractivity contribution in [2.24, 2.45) is 5.92 Å². The summed E-state index contributed by atoms with van der Waals surface area (Å²) in [7, 11) is 0. The first-order valence-corrected chi connectivity index (χ1v) is 10.8. The molecule has 2 aliphatic rings. The lowest BCUT2D eigenvalue weighted by Crippen LogP contribution is -2.33. The van der Waals surface area contributed by atoms with Crippen molar-refractivity contribution in [2.45, 2.75) is 44.0 Å². The summed E-state index contributed by atoms with van der Waals surface area (Å²) in [5, 5.41) is 29.1. The Hall–Kier alpha value is -2.67. The van der Waals surface area contributed by atoms with Gasteiger partial charge in [0.1, 0.15) is 0 Å². The second-order valence-corrected chi connectivity index (χ2v) is 8.29. The van der Waals surface area contributed by atoms with Crippen LogP contribution in [0, 0.1) is 29.1 Å². The summed E-state index contributed by atoms with van der Waals surface area (Å²) in [4.78, 5) is 0. The van der Waals surface area contributed by atoms with Gasteiger partial charge in [0.05, 0.1) is 43.2 Å². The van der Waals surface area contributed by atoms with Crippen LogP contribution in [0.1, 0.15) is 53.2 Å². The van der Waals surface area contributed by atoms with Crippen molar-refractivity contribution >= 4 is 0 Å². The van der Waals surface area contributed by atoms with Gasteiger partial charge in [0.15, 0.2) is 0 Å². The average Bonchev–Trinajstić information content (AvgIpc) is 3.32. The third-order valence-corrected chi connectivity index (χ3v) is 5.90. The molecule has 0 saturated carbocycles. The fraction of sp³-hybridized carbons (Fsp3) is 0.423. The van der Waals surface area contributed by atoms with Crippen LogP contribution in [-0.2, 0) is 15.9 Å². The van der Waals surface area contributed by atoms with Crippen LogP contribution in [0.15, 0.2) is 42.5 Å². The maximum Gasteiger partial charge on any atom is 0.0994 e. The van der Waals surface area contributed by atoms with E-state index in [0.29, 0.717) is 30.7 Å². The van der Waals surface area contributed by atoms with Gasteiger partial charge in [-0.15, -0.1) is 0 Å². The highest BCUT2D eigenvalue weighted by molar-refractivity contribution is 5.45. The van der Waals surface area contributed by atoms with Crippen molar-refractivity contribution < 1.29 is 19.7 Å². The second-order valence-electron chi connectivity index (χ2n) is 8.29. The number of nitriles is 1. The first kappa shape index (κ1) is 21.6. The van der Waals surface area contributed by atoms with Crippen molar-refractivity contribution in [3.05, 3.63) is 70.3 Å². The lowest BCUT2D eigenvalue weighted by Gasteiger charge is -2.32. The monoisotopic (exact) mass is 417 g/mol. The molecule has 5 heteroatoms. The molecule has 2 aromatic rings. The van der Waals surface area contributed by atoms with E-state index in [1.807, 2.05) is 42.5 Å². The summed E-state index contributed by atoms with van der Waals surface area (Å²) in [6.07, 6.45) is 1.40. The molecule has 160 valence electrons. The minimum atomic E-state index is -0.501. The van der Waals surface area contributed by atoms with E-state index in [9.17, 15) is 15.5 Å². The van der Waals surface area contributed by atoms with Crippen LogP contribution in [-0.4, -0.2) is 42.2 Å². The normalized spacial score (nSPS) is 25.5. The molecule has 0 aliphatic carbocycles. The third-order valence-electron chi connectivity index (χ3n) is 5.90. The Morgan fingerprint density at radius 3 is 2.65 bits per heavy atom. The Morgan fingerprint density at radius 1 is 1.10 bits per heavy atom. The number of hydrogen-bond donors (Lipinski definition) is 2. The van der Waals surface area contributed by atoms with Crippen LogP contribution >= 0.6 is 0 Å². The van der Waals surface area contributed by atoms with Gasteiger partial charge in [0.25, 0.3) is 0 Å². The van der Waals surface area contributed by atoms with Gasteiger partial charge in [-0.1, -0.05) is 36.1 Å². The maximum atomic E-state index is 10.1.